The number of aliphatic imine (C=N–C) groups is 1. The zero-order valence-corrected chi connectivity index (χ0v) is 27.1. The van der Waals surface area contributed by atoms with E-state index < -0.39 is 17.7 Å². The van der Waals surface area contributed by atoms with E-state index in [0.29, 0.717) is 62.4 Å². The summed E-state index contributed by atoms with van der Waals surface area (Å²) in [5, 5.41) is 4.13. The van der Waals surface area contributed by atoms with E-state index in [2.05, 4.69) is 28.6 Å². The van der Waals surface area contributed by atoms with Gasteiger partial charge in [-0.15, -0.1) is 0 Å². The lowest BCUT2D eigenvalue weighted by Gasteiger charge is -2.29. The summed E-state index contributed by atoms with van der Waals surface area (Å²) in [7, 11) is 0. The molecule has 2 aromatic rings. The molecule has 0 unspecified atom stereocenters. The molecular formula is C36H46F3N5O. The SMILES string of the molecule is C=C/C(=C\C(=C\N1CCNCC1)C(F)(F)F)N(C(C)=O)C(=C\CC)/C(=C/Cc1cccc2cccnc12)C(=C\CC)/N=C.CC. The molecule has 1 amide bonds. The molecule has 0 bridgehead atoms. The largest absolute Gasteiger partial charge is 0.417 e. The Kier molecular flexibility index (Phi) is 15.2. The highest BCUT2D eigenvalue weighted by Crippen LogP contribution is 2.33. The number of hydrogen-bond acceptors (Lipinski definition) is 5. The monoisotopic (exact) mass is 621 g/mol. The molecule has 2 heterocycles. The molecule has 1 aromatic carbocycles. The van der Waals surface area contributed by atoms with E-state index in [1.54, 1.807) is 11.1 Å². The molecule has 1 aliphatic heterocycles. The number of para-hydroxylation sites is 1. The summed E-state index contributed by atoms with van der Waals surface area (Å²) in [6.07, 6.45) is 7.67. The molecule has 1 saturated heterocycles. The third-order valence-electron chi connectivity index (χ3n) is 6.89. The quantitative estimate of drug-likeness (QED) is 0.191. The number of piperazine rings is 1. The van der Waals surface area contributed by atoms with E-state index in [4.69, 9.17) is 0 Å². The first-order valence-corrected chi connectivity index (χ1v) is 15.4. The summed E-state index contributed by atoms with van der Waals surface area (Å²) in [6, 6.07) is 9.77. The fourth-order valence-corrected chi connectivity index (χ4v) is 4.92. The molecule has 3 rings (SSSR count). The molecule has 45 heavy (non-hydrogen) atoms. The second-order valence-corrected chi connectivity index (χ2v) is 9.96. The molecule has 6 nitrogen and oxygen atoms in total. The van der Waals surface area contributed by atoms with E-state index in [0.717, 1.165) is 28.7 Å². The Hall–Kier alpha value is -4.24. The number of fused-ring (bicyclic) bond motifs is 1. The van der Waals surface area contributed by atoms with Gasteiger partial charge >= 0.3 is 6.18 Å². The average molecular weight is 622 g/mol. The van der Waals surface area contributed by atoms with Crippen LogP contribution in [0, 0.1) is 0 Å². The fraction of sp³-hybridized carbons (Fsp3) is 0.361. The van der Waals surface area contributed by atoms with Crippen molar-refractivity contribution < 1.29 is 18.0 Å². The lowest BCUT2D eigenvalue weighted by Crippen LogP contribution is -2.41. The number of pyridine rings is 1. The summed E-state index contributed by atoms with van der Waals surface area (Å²) < 4.78 is 42.9. The van der Waals surface area contributed by atoms with Gasteiger partial charge in [0.2, 0.25) is 5.91 Å². The molecule has 1 aliphatic rings. The zero-order chi connectivity index (χ0) is 33.4. The summed E-state index contributed by atoms with van der Waals surface area (Å²) in [4.78, 5) is 25.0. The number of amides is 1. The van der Waals surface area contributed by atoms with E-state index in [9.17, 15) is 18.0 Å². The Bertz CT molecular complexity index is 1460. The fourth-order valence-electron chi connectivity index (χ4n) is 4.92. The minimum atomic E-state index is -4.65. The van der Waals surface area contributed by atoms with E-state index in [1.807, 2.05) is 76.3 Å². The maximum atomic E-state index is 14.3. The Labute approximate surface area is 266 Å². The smallest absolute Gasteiger partial charge is 0.374 e. The van der Waals surface area contributed by atoms with Crippen molar-refractivity contribution in [2.45, 2.75) is 60.1 Å². The summed E-state index contributed by atoms with van der Waals surface area (Å²) >= 11 is 0. The van der Waals surface area contributed by atoms with Gasteiger partial charge in [0.15, 0.2) is 0 Å². The van der Waals surface area contributed by atoms with Crippen molar-refractivity contribution in [1.29, 1.82) is 0 Å². The van der Waals surface area contributed by atoms with Crippen molar-refractivity contribution in [1.82, 2.24) is 20.1 Å². The zero-order valence-electron chi connectivity index (χ0n) is 27.1. The lowest BCUT2D eigenvalue weighted by molar-refractivity contribution is -0.125. The van der Waals surface area contributed by atoms with Gasteiger partial charge in [-0.1, -0.05) is 76.8 Å². The van der Waals surface area contributed by atoms with Crippen LogP contribution in [0.25, 0.3) is 10.9 Å². The van der Waals surface area contributed by atoms with Crippen LogP contribution < -0.4 is 5.32 Å². The standard InChI is InChI=1S/C34H40F3N5O.C2H6/c1-6-11-31(38-5)30(17-16-27-14-9-13-26-15-10-18-40-33(26)27)32(12-7-2)42(25(4)43)29(8-3)23-28(34(35,36)37)24-41-21-19-39-20-22-41;1-2/h8-15,17-18,23-24,39H,3,5-7,16,19-22H2,1-2,4H3;1-2H3/b28-24-,29-23+,30-17+,31-11+,32-12-;. The first-order chi connectivity index (χ1) is 21.6. The van der Waals surface area contributed by atoms with Crippen LogP contribution >= 0.6 is 0 Å². The molecule has 0 atom stereocenters. The van der Waals surface area contributed by atoms with Crippen LogP contribution in [0.2, 0.25) is 0 Å². The van der Waals surface area contributed by atoms with Crippen LogP contribution in [0.4, 0.5) is 13.2 Å². The number of nitrogens with one attached hydrogen (secondary N) is 1. The van der Waals surface area contributed by atoms with Crippen molar-refractivity contribution in [3.8, 4) is 0 Å². The van der Waals surface area contributed by atoms with Crippen LogP contribution in [0.1, 0.15) is 53.0 Å². The molecule has 1 aromatic heterocycles. The molecule has 242 valence electrons. The minimum Gasteiger partial charge on any atom is -0.374 e. The predicted octanol–water partition coefficient (Wildman–Crippen LogP) is 8.29. The number of alkyl halides is 3. The number of carbonyl (C=O) groups excluding carboxylic acids is 1. The van der Waals surface area contributed by atoms with Gasteiger partial charge in [-0.25, -0.2) is 0 Å². The molecule has 0 radical (unpaired) electrons. The molecule has 9 heteroatoms. The number of benzene rings is 1. The number of carbonyl (C=O) groups is 1. The van der Waals surface area contributed by atoms with Gasteiger partial charge in [0.25, 0.3) is 0 Å². The van der Waals surface area contributed by atoms with Crippen LogP contribution in [-0.4, -0.2) is 59.8 Å². The van der Waals surface area contributed by atoms with Crippen LogP contribution in [0.15, 0.2) is 113 Å². The number of halogens is 3. The molecule has 0 spiro atoms. The van der Waals surface area contributed by atoms with Gasteiger partial charge in [0.05, 0.1) is 22.5 Å². The summed E-state index contributed by atoms with van der Waals surface area (Å²) in [5.41, 5.74) is 2.45. The van der Waals surface area contributed by atoms with Gasteiger partial charge in [-0.05, 0) is 49.8 Å². The molecule has 1 N–H and O–H groups in total. The highest BCUT2D eigenvalue weighted by molar-refractivity contribution is 5.82. The number of hydrogen-bond donors (Lipinski definition) is 1. The highest BCUT2D eigenvalue weighted by atomic mass is 19.4. The van der Waals surface area contributed by atoms with E-state index in [1.165, 1.54) is 17.9 Å². The number of aromatic nitrogens is 1. The molecule has 0 saturated carbocycles. The van der Waals surface area contributed by atoms with Gasteiger partial charge in [0, 0.05) is 62.2 Å². The van der Waals surface area contributed by atoms with Crippen molar-refractivity contribution in [3.63, 3.8) is 0 Å². The highest BCUT2D eigenvalue weighted by Gasteiger charge is 2.34. The van der Waals surface area contributed by atoms with Crippen LogP contribution in [0.3, 0.4) is 0 Å². The average Bonchev–Trinajstić information content (AvgIpc) is 3.04. The maximum Gasteiger partial charge on any atom is 0.417 e. The molecule has 1 fully saturated rings. The number of allylic oxidation sites excluding steroid dienone is 6. The van der Waals surface area contributed by atoms with Crippen molar-refractivity contribution in [2.75, 3.05) is 26.2 Å². The summed E-state index contributed by atoms with van der Waals surface area (Å²) in [6.45, 7) is 18.8. The lowest BCUT2D eigenvalue weighted by atomic mass is 9.99. The minimum absolute atomic E-state index is 0.00328. The third-order valence-corrected chi connectivity index (χ3v) is 6.89. The first-order valence-electron chi connectivity index (χ1n) is 15.4. The van der Waals surface area contributed by atoms with Gasteiger partial charge in [0.1, 0.15) is 0 Å². The van der Waals surface area contributed by atoms with Gasteiger partial charge in [-0.2, -0.15) is 13.2 Å². The second-order valence-electron chi connectivity index (χ2n) is 9.96. The van der Waals surface area contributed by atoms with Crippen molar-refractivity contribution in [3.05, 3.63) is 113 Å². The van der Waals surface area contributed by atoms with E-state index in [-0.39, 0.29) is 5.70 Å². The summed E-state index contributed by atoms with van der Waals surface area (Å²) in [5.74, 6) is -0.466. The Balaban J connectivity index is 0.00000345. The third kappa shape index (κ3) is 10.4. The van der Waals surface area contributed by atoms with Crippen LogP contribution in [-0.2, 0) is 11.2 Å². The van der Waals surface area contributed by atoms with Crippen molar-refractivity contribution >= 4 is 23.5 Å². The first kappa shape index (κ1) is 36.9. The van der Waals surface area contributed by atoms with Gasteiger partial charge in [-0.3, -0.25) is 19.7 Å². The van der Waals surface area contributed by atoms with E-state index >= 15 is 0 Å². The Morgan fingerprint density at radius 1 is 1.09 bits per heavy atom. The molecule has 0 aliphatic carbocycles. The normalized spacial score (nSPS) is 15.4. The number of rotatable bonds is 12. The Morgan fingerprint density at radius 2 is 1.76 bits per heavy atom. The topological polar surface area (TPSA) is 60.8 Å². The second kappa shape index (κ2) is 18.5. The van der Waals surface area contributed by atoms with Gasteiger partial charge < -0.3 is 10.2 Å². The predicted molar refractivity (Wildman–Crippen MR) is 181 cm³/mol. The maximum absolute atomic E-state index is 14.3. The Morgan fingerprint density at radius 3 is 2.33 bits per heavy atom. The van der Waals surface area contributed by atoms with Crippen LogP contribution in [0.5, 0.6) is 0 Å². The molecular weight excluding hydrogens is 575 g/mol. The van der Waals surface area contributed by atoms with Crippen molar-refractivity contribution in [2.24, 2.45) is 4.99 Å². The number of nitrogens with zero attached hydrogens (tertiary/aromatic N) is 4.